The summed E-state index contributed by atoms with van der Waals surface area (Å²) in [4.78, 5) is 26.4. The van der Waals surface area contributed by atoms with Gasteiger partial charge in [0.15, 0.2) is 0 Å². The zero-order valence-electron chi connectivity index (χ0n) is 17.5. The molecule has 31 heavy (non-hydrogen) atoms. The van der Waals surface area contributed by atoms with Gasteiger partial charge in [0, 0.05) is 24.7 Å². The van der Waals surface area contributed by atoms with Crippen molar-refractivity contribution < 1.29 is 19.1 Å². The van der Waals surface area contributed by atoms with Crippen LogP contribution in [0, 0.1) is 0 Å². The number of nitrogens with zero attached hydrogens (tertiary/aromatic N) is 1. The molecule has 3 aliphatic rings. The van der Waals surface area contributed by atoms with Crippen LogP contribution >= 0.6 is 0 Å². The van der Waals surface area contributed by atoms with Gasteiger partial charge >= 0.3 is 12.2 Å². The second-order valence-corrected chi connectivity index (χ2v) is 8.63. The molecule has 7 nitrogen and oxygen atoms in total. The Bertz CT molecular complexity index is 976. The highest BCUT2D eigenvalue weighted by Crippen LogP contribution is 2.46. The second-order valence-electron chi connectivity index (χ2n) is 8.63. The van der Waals surface area contributed by atoms with Crippen molar-refractivity contribution in [2.75, 3.05) is 12.4 Å². The quantitative estimate of drug-likeness (QED) is 0.557. The maximum absolute atomic E-state index is 12.5. The number of benzene rings is 2. The van der Waals surface area contributed by atoms with Gasteiger partial charge in [0.2, 0.25) is 0 Å². The Labute approximate surface area is 181 Å². The number of urea groups is 1. The number of hydrogen-bond donors (Lipinski definition) is 2. The van der Waals surface area contributed by atoms with Gasteiger partial charge in [-0.3, -0.25) is 0 Å². The van der Waals surface area contributed by atoms with E-state index in [1.165, 1.54) is 0 Å². The lowest BCUT2D eigenvalue weighted by Gasteiger charge is -2.25. The fourth-order valence-electron chi connectivity index (χ4n) is 4.66. The average molecular weight is 421 g/mol. The number of ether oxygens (including phenoxy) is 2. The molecule has 5 rings (SSSR count). The van der Waals surface area contributed by atoms with E-state index in [1.807, 2.05) is 54.4 Å². The zero-order valence-corrected chi connectivity index (χ0v) is 17.5. The van der Waals surface area contributed by atoms with Crippen molar-refractivity contribution in [3.8, 4) is 5.75 Å². The van der Waals surface area contributed by atoms with Gasteiger partial charge in [-0.15, -0.1) is 0 Å². The Balaban J connectivity index is 1.19. The van der Waals surface area contributed by atoms with Crippen LogP contribution in [0.4, 0.5) is 15.3 Å². The summed E-state index contributed by atoms with van der Waals surface area (Å²) in [5.74, 6) is 0.760. The van der Waals surface area contributed by atoms with Crippen molar-refractivity contribution >= 4 is 17.9 Å². The second kappa shape index (κ2) is 8.13. The van der Waals surface area contributed by atoms with Crippen LogP contribution in [0.1, 0.15) is 42.7 Å². The summed E-state index contributed by atoms with van der Waals surface area (Å²) in [6.45, 7) is 0.174. The molecule has 3 atom stereocenters. The fraction of sp³-hybridized carbons (Fsp3) is 0.417. The number of carbonyl (C=O) groups excluding carboxylic acids is 2. The van der Waals surface area contributed by atoms with E-state index in [2.05, 4.69) is 10.6 Å². The first-order chi connectivity index (χ1) is 15.1. The van der Waals surface area contributed by atoms with E-state index in [9.17, 15) is 9.59 Å². The first kappa shape index (κ1) is 19.7. The molecule has 2 N–H and O–H groups in total. The van der Waals surface area contributed by atoms with Crippen LogP contribution in [0.15, 0.2) is 48.5 Å². The number of nitrogens with one attached hydrogen (secondary N) is 2. The SMILES string of the molecule is CN(C(=O)NC1CCC2c3cc(OC(=O)OCc4ccccc4)ccc3NC12)C1CC1. The van der Waals surface area contributed by atoms with Crippen molar-refractivity contribution in [3.05, 3.63) is 59.7 Å². The van der Waals surface area contributed by atoms with Crippen molar-refractivity contribution in [2.24, 2.45) is 0 Å². The number of fused-ring (bicyclic) bond motifs is 3. The van der Waals surface area contributed by atoms with E-state index in [0.29, 0.717) is 11.8 Å². The standard InChI is InChI=1S/C24H27N3O4/c1-27(16-7-8-16)23(28)26-21-12-10-18-19-13-17(9-11-20(19)25-22(18)21)31-24(29)30-14-15-5-3-2-4-6-15/h2-6,9,11,13,16,18,21-22,25H,7-8,10,12,14H2,1H3,(H,26,28). The van der Waals surface area contributed by atoms with E-state index in [0.717, 1.165) is 42.5 Å². The van der Waals surface area contributed by atoms with Gasteiger partial charge in [0.1, 0.15) is 12.4 Å². The van der Waals surface area contributed by atoms with Gasteiger partial charge in [-0.1, -0.05) is 30.3 Å². The molecule has 2 saturated carbocycles. The highest BCUT2D eigenvalue weighted by Gasteiger charge is 2.44. The summed E-state index contributed by atoms with van der Waals surface area (Å²) in [5, 5.41) is 6.76. The molecule has 0 radical (unpaired) electrons. The molecule has 1 heterocycles. The van der Waals surface area contributed by atoms with Crippen LogP contribution in [0.3, 0.4) is 0 Å². The molecule has 2 aliphatic carbocycles. The normalized spacial score (nSPS) is 23.3. The molecule has 2 fully saturated rings. The molecule has 3 unspecified atom stereocenters. The van der Waals surface area contributed by atoms with Crippen molar-refractivity contribution in [2.45, 2.75) is 56.3 Å². The van der Waals surface area contributed by atoms with Crippen LogP contribution in [0.2, 0.25) is 0 Å². The topological polar surface area (TPSA) is 79.9 Å². The minimum Gasteiger partial charge on any atom is -0.429 e. The smallest absolute Gasteiger partial charge is 0.429 e. The molecule has 1 aliphatic heterocycles. The summed E-state index contributed by atoms with van der Waals surface area (Å²) >= 11 is 0. The zero-order chi connectivity index (χ0) is 21.4. The highest BCUT2D eigenvalue weighted by molar-refractivity contribution is 5.75. The number of amides is 2. The number of anilines is 1. The van der Waals surface area contributed by atoms with Gasteiger partial charge in [0.25, 0.3) is 0 Å². The summed E-state index contributed by atoms with van der Waals surface area (Å²) in [5.41, 5.74) is 3.08. The van der Waals surface area contributed by atoms with E-state index < -0.39 is 6.16 Å². The lowest BCUT2D eigenvalue weighted by molar-refractivity contribution is 0.0927. The molecule has 0 aromatic heterocycles. The molecular weight excluding hydrogens is 394 g/mol. The van der Waals surface area contributed by atoms with Crippen LogP contribution in [0.5, 0.6) is 5.75 Å². The molecule has 7 heteroatoms. The number of carbonyl (C=O) groups is 2. The van der Waals surface area contributed by atoms with E-state index in [1.54, 1.807) is 6.07 Å². The third-order valence-electron chi connectivity index (χ3n) is 6.52. The maximum atomic E-state index is 12.5. The molecule has 2 amide bonds. The van der Waals surface area contributed by atoms with Gasteiger partial charge in [-0.05, 0) is 55.0 Å². The predicted octanol–water partition coefficient (Wildman–Crippen LogP) is 4.25. The minimum absolute atomic E-state index is 0.0103. The summed E-state index contributed by atoms with van der Waals surface area (Å²) in [6.07, 6.45) is 3.38. The van der Waals surface area contributed by atoms with Gasteiger partial charge < -0.3 is 25.0 Å². The van der Waals surface area contributed by atoms with Crippen molar-refractivity contribution in [3.63, 3.8) is 0 Å². The first-order valence-electron chi connectivity index (χ1n) is 10.9. The Hall–Kier alpha value is -3.22. The van der Waals surface area contributed by atoms with E-state index >= 15 is 0 Å². The molecule has 162 valence electrons. The molecule has 0 bridgehead atoms. The van der Waals surface area contributed by atoms with Crippen molar-refractivity contribution in [1.29, 1.82) is 0 Å². The highest BCUT2D eigenvalue weighted by atomic mass is 16.7. The Morgan fingerprint density at radius 3 is 2.68 bits per heavy atom. The van der Waals surface area contributed by atoms with Gasteiger partial charge in [0.05, 0.1) is 12.1 Å². The number of rotatable bonds is 5. The molecule has 0 saturated heterocycles. The summed E-state index contributed by atoms with van der Waals surface area (Å²) in [6, 6.07) is 15.8. The van der Waals surface area contributed by atoms with Gasteiger partial charge in [-0.2, -0.15) is 0 Å². The molecular formula is C24H27N3O4. The third kappa shape index (κ3) is 4.17. The van der Waals surface area contributed by atoms with Crippen LogP contribution in [-0.4, -0.2) is 42.3 Å². The maximum Gasteiger partial charge on any atom is 0.514 e. The Morgan fingerprint density at radius 1 is 1.10 bits per heavy atom. The van der Waals surface area contributed by atoms with E-state index in [-0.39, 0.29) is 30.6 Å². The summed E-state index contributed by atoms with van der Waals surface area (Å²) < 4.78 is 10.6. The lowest BCUT2D eigenvalue weighted by atomic mass is 9.97. The lowest BCUT2D eigenvalue weighted by Crippen LogP contribution is -2.48. The first-order valence-corrected chi connectivity index (χ1v) is 10.9. The Morgan fingerprint density at radius 2 is 1.90 bits per heavy atom. The molecule has 2 aromatic rings. The van der Waals surface area contributed by atoms with Crippen molar-refractivity contribution in [1.82, 2.24) is 10.2 Å². The summed E-state index contributed by atoms with van der Waals surface area (Å²) in [7, 11) is 1.87. The third-order valence-corrected chi connectivity index (χ3v) is 6.52. The van der Waals surface area contributed by atoms with E-state index in [4.69, 9.17) is 9.47 Å². The molecule has 0 spiro atoms. The number of hydrogen-bond acceptors (Lipinski definition) is 5. The van der Waals surface area contributed by atoms with Crippen LogP contribution < -0.4 is 15.4 Å². The molecule has 2 aromatic carbocycles. The van der Waals surface area contributed by atoms with Gasteiger partial charge in [-0.25, -0.2) is 9.59 Å². The van der Waals surface area contributed by atoms with Crippen LogP contribution in [0.25, 0.3) is 0 Å². The predicted molar refractivity (Wildman–Crippen MR) is 116 cm³/mol. The monoisotopic (exact) mass is 421 g/mol. The minimum atomic E-state index is -0.717. The largest absolute Gasteiger partial charge is 0.514 e. The Kier molecular flexibility index (Phi) is 5.18. The fourth-order valence-corrected chi connectivity index (χ4v) is 4.66. The average Bonchev–Trinajstić information content (AvgIpc) is 3.47. The van der Waals surface area contributed by atoms with Crippen LogP contribution in [-0.2, 0) is 11.3 Å².